The lowest BCUT2D eigenvalue weighted by molar-refractivity contribution is -0.137. The lowest BCUT2D eigenvalue weighted by Gasteiger charge is -2.13. The Balaban J connectivity index is 0.000000196. The number of halogens is 3. The monoisotopic (exact) mass is 794 g/mol. The fraction of sp³-hybridized carbons (Fsp3) is 0.200. The average Bonchev–Trinajstić information content (AvgIpc) is 3.22. The minimum absolute atomic E-state index is 0.115. The number of alkyl halides is 3. The maximum atomic E-state index is 13.1. The largest absolute Gasteiger partial charge is 0.493 e. The molecule has 15 nitrogen and oxygen atoms in total. The van der Waals surface area contributed by atoms with Crippen LogP contribution in [0.15, 0.2) is 101 Å². The number of carbonyl (C=O) groups is 1. The molecule has 0 aliphatic rings. The molecule has 0 aliphatic heterocycles. The van der Waals surface area contributed by atoms with E-state index in [1.54, 1.807) is 58.9 Å². The number of carbonyl (C=O) groups excluding carboxylic acids is 1. The van der Waals surface area contributed by atoms with Crippen molar-refractivity contribution in [3.63, 3.8) is 0 Å². The molecule has 1 amide bonds. The third kappa shape index (κ3) is 9.01. The van der Waals surface area contributed by atoms with Crippen molar-refractivity contribution in [3.05, 3.63) is 124 Å². The highest BCUT2D eigenvalue weighted by Gasteiger charge is 2.30. The van der Waals surface area contributed by atoms with E-state index < -0.39 is 17.6 Å². The van der Waals surface area contributed by atoms with Gasteiger partial charge in [0.2, 0.25) is 5.91 Å². The number of pyridine rings is 3. The molecule has 0 bridgehead atoms. The number of nitrogens with two attached hydrogens (primary N) is 1. The molecule has 298 valence electrons. The molecule has 0 atom stereocenters. The van der Waals surface area contributed by atoms with Gasteiger partial charge in [-0.15, -0.1) is 0 Å². The standard InChI is InChI=1S/C21H16F3N5O.C19H21N5O4/c1-29-12-27-17-10-16(14-3-2-4-15(9-14)21(22,23)24)28-19(18(17)20(29)30)26-11-13-5-7-25-8-6-13;1-24-10-22-13-9-12(11-4-5-14(27-2)15(8-11)28-3)23-18(17(13)19(24)26)21-7-6-16(20)25/h2-10,12H,11H2,1H3,(H,26,28);4-5,8-10H,6-7H2,1-3H3,(H2,20,25)(H,21,23). The highest BCUT2D eigenvalue weighted by Crippen LogP contribution is 2.34. The maximum absolute atomic E-state index is 13.1. The average molecular weight is 795 g/mol. The van der Waals surface area contributed by atoms with Gasteiger partial charge in [-0.2, -0.15) is 13.2 Å². The molecular weight excluding hydrogens is 757 g/mol. The van der Waals surface area contributed by atoms with Crippen molar-refractivity contribution in [3.8, 4) is 34.0 Å². The van der Waals surface area contributed by atoms with Crippen molar-refractivity contribution < 1.29 is 27.4 Å². The van der Waals surface area contributed by atoms with Gasteiger partial charge in [-0.05, 0) is 60.2 Å². The number of ether oxygens (including phenoxy) is 2. The quantitative estimate of drug-likeness (QED) is 0.153. The number of amides is 1. The fourth-order valence-corrected chi connectivity index (χ4v) is 5.84. The van der Waals surface area contributed by atoms with Crippen LogP contribution in [-0.4, -0.2) is 60.7 Å². The number of anilines is 2. The molecule has 0 fully saturated rings. The van der Waals surface area contributed by atoms with E-state index in [-0.39, 0.29) is 46.5 Å². The highest BCUT2D eigenvalue weighted by atomic mass is 19.4. The van der Waals surface area contributed by atoms with Gasteiger partial charge >= 0.3 is 6.18 Å². The zero-order valence-corrected chi connectivity index (χ0v) is 31.7. The van der Waals surface area contributed by atoms with E-state index >= 15 is 0 Å². The topological polar surface area (TPSA) is 194 Å². The van der Waals surface area contributed by atoms with Crippen molar-refractivity contribution in [2.45, 2.75) is 19.1 Å². The molecule has 5 aromatic heterocycles. The van der Waals surface area contributed by atoms with Crippen LogP contribution in [0.5, 0.6) is 11.5 Å². The summed E-state index contributed by atoms with van der Waals surface area (Å²) in [6.45, 7) is 0.611. The zero-order chi connectivity index (χ0) is 41.6. The molecule has 0 spiro atoms. The second kappa shape index (κ2) is 17.2. The van der Waals surface area contributed by atoms with E-state index in [0.29, 0.717) is 46.0 Å². The van der Waals surface area contributed by atoms with Gasteiger partial charge in [0.1, 0.15) is 22.4 Å². The first-order chi connectivity index (χ1) is 27.8. The summed E-state index contributed by atoms with van der Waals surface area (Å²) in [5.41, 5.74) is 7.55. The Morgan fingerprint density at radius 3 is 1.88 bits per heavy atom. The van der Waals surface area contributed by atoms with Crippen molar-refractivity contribution in [1.82, 2.24) is 34.1 Å². The lowest BCUT2D eigenvalue weighted by atomic mass is 10.1. The van der Waals surface area contributed by atoms with Gasteiger partial charge in [0, 0.05) is 57.1 Å². The zero-order valence-electron chi connectivity index (χ0n) is 31.7. The minimum atomic E-state index is -4.47. The number of hydrogen-bond acceptors (Lipinski definition) is 12. The second-order valence-electron chi connectivity index (χ2n) is 12.8. The number of hydrogen-bond donors (Lipinski definition) is 3. The maximum Gasteiger partial charge on any atom is 0.416 e. The van der Waals surface area contributed by atoms with Crippen LogP contribution in [0.3, 0.4) is 0 Å². The molecule has 0 aliphatic carbocycles. The van der Waals surface area contributed by atoms with Gasteiger partial charge in [0.05, 0.1) is 54.9 Å². The normalized spacial score (nSPS) is 11.2. The first kappa shape index (κ1) is 40.3. The van der Waals surface area contributed by atoms with Crippen LogP contribution in [0.4, 0.5) is 24.8 Å². The molecule has 4 N–H and O–H groups in total. The molecule has 0 saturated carbocycles. The summed E-state index contributed by atoms with van der Waals surface area (Å²) in [5.74, 6) is 1.31. The number of primary amides is 1. The lowest BCUT2D eigenvalue weighted by Crippen LogP contribution is -2.21. The van der Waals surface area contributed by atoms with Crippen LogP contribution in [-0.2, 0) is 31.6 Å². The molecular formula is C40H37F3N10O5. The number of nitrogens with zero attached hydrogens (tertiary/aromatic N) is 7. The fourth-order valence-electron chi connectivity index (χ4n) is 5.84. The number of benzene rings is 2. The number of rotatable bonds is 11. The Morgan fingerprint density at radius 2 is 1.33 bits per heavy atom. The SMILES string of the molecule is COc1ccc(-c2cc3ncn(C)c(=O)c3c(NCCC(N)=O)n2)cc1OC.Cn1cnc2cc(-c3cccc(C(F)(F)F)c3)nc(NCc3ccncc3)c2c1=O. The van der Waals surface area contributed by atoms with E-state index in [4.69, 9.17) is 15.2 Å². The second-order valence-corrected chi connectivity index (χ2v) is 12.8. The number of aromatic nitrogens is 7. The molecule has 0 unspecified atom stereocenters. The van der Waals surface area contributed by atoms with Crippen LogP contribution >= 0.6 is 0 Å². The Hall–Kier alpha value is -7.37. The Morgan fingerprint density at radius 1 is 0.759 bits per heavy atom. The summed E-state index contributed by atoms with van der Waals surface area (Å²) in [5, 5.41) is 6.75. The number of methoxy groups -OCH3 is 2. The first-order valence-electron chi connectivity index (χ1n) is 17.5. The third-order valence-corrected chi connectivity index (χ3v) is 8.84. The summed E-state index contributed by atoms with van der Waals surface area (Å²) in [4.78, 5) is 57.9. The van der Waals surface area contributed by atoms with Crippen LogP contribution < -0.4 is 37.0 Å². The minimum Gasteiger partial charge on any atom is -0.493 e. The Labute approximate surface area is 328 Å². The Kier molecular flexibility index (Phi) is 11.9. The molecule has 7 rings (SSSR count). The molecule has 2 aromatic carbocycles. The van der Waals surface area contributed by atoms with Crippen LogP contribution in [0.25, 0.3) is 44.3 Å². The van der Waals surface area contributed by atoms with Gasteiger partial charge in [0.25, 0.3) is 11.1 Å². The van der Waals surface area contributed by atoms with E-state index in [0.717, 1.165) is 23.3 Å². The Bertz CT molecular complexity index is 2740. The molecule has 0 saturated heterocycles. The van der Waals surface area contributed by atoms with Gasteiger partial charge in [-0.1, -0.05) is 12.1 Å². The van der Waals surface area contributed by atoms with E-state index in [1.165, 1.54) is 40.0 Å². The van der Waals surface area contributed by atoms with Crippen LogP contribution in [0, 0.1) is 0 Å². The summed E-state index contributed by atoms with van der Waals surface area (Å²) in [6.07, 6.45) is 1.75. The van der Waals surface area contributed by atoms with E-state index in [2.05, 4.69) is 35.6 Å². The molecule has 7 aromatic rings. The van der Waals surface area contributed by atoms with Crippen molar-refractivity contribution in [2.24, 2.45) is 19.8 Å². The predicted octanol–water partition coefficient (Wildman–Crippen LogP) is 5.32. The highest BCUT2D eigenvalue weighted by molar-refractivity contribution is 5.92. The van der Waals surface area contributed by atoms with Crippen molar-refractivity contribution in [1.29, 1.82) is 0 Å². The number of aryl methyl sites for hydroxylation is 2. The first-order valence-corrected chi connectivity index (χ1v) is 17.5. The summed E-state index contributed by atoms with van der Waals surface area (Å²) >= 11 is 0. The van der Waals surface area contributed by atoms with Crippen LogP contribution in [0.1, 0.15) is 17.5 Å². The number of fused-ring (bicyclic) bond motifs is 2. The summed E-state index contributed by atoms with van der Waals surface area (Å²) in [7, 11) is 6.30. The van der Waals surface area contributed by atoms with Crippen LogP contribution in [0.2, 0.25) is 0 Å². The van der Waals surface area contributed by atoms with Gasteiger partial charge in [0.15, 0.2) is 11.5 Å². The van der Waals surface area contributed by atoms with E-state index in [9.17, 15) is 27.6 Å². The van der Waals surface area contributed by atoms with E-state index in [1.807, 2.05) is 18.2 Å². The van der Waals surface area contributed by atoms with Crippen molar-refractivity contribution >= 4 is 39.3 Å². The molecule has 5 heterocycles. The van der Waals surface area contributed by atoms with Gasteiger partial charge < -0.3 is 35.0 Å². The van der Waals surface area contributed by atoms with Crippen molar-refractivity contribution in [2.75, 3.05) is 31.4 Å². The third-order valence-electron chi connectivity index (χ3n) is 8.84. The smallest absolute Gasteiger partial charge is 0.416 e. The molecule has 0 radical (unpaired) electrons. The summed E-state index contributed by atoms with van der Waals surface area (Å²) < 4.78 is 52.7. The molecule has 18 heteroatoms. The van der Waals surface area contributed by atoms with Gasteiger partial charge in [-0.25, -0.2) is 19.9 Å². The van der Waals surface area contributed by atoms with Gasteiger partial charge in [-0.3, -0.25) is 19.4 Å². The predicted molar refractivity (Wildman–Crippen MR) is 212 cm³/mol. The summed E-state index contributed by atoms with van der Waals surface area (Å²) in [6, 6.07) is 17.2. The molecule has 58 heavy (non-hydrogen) atoms. The number of nitrogens with one attached hydrogen (secondary N) is 2.